The van der Waals surface area contributed by atoms with Crippen LogP contribution in [0.5, 0.6) is 5.75 Å². The van der Waals surface area contributed by atoms with Crippen LogP contribution in [0, 0.1) is 0 Å². The fraction of sp³-hybridized carbons (Fsp3) is 0.450. The number of imidazole rings is 1. The number of aromatic nitrogens is 2. The zero-order valence-electron chi connectivity index (χ0n) is 16.9. The molecule has 4 rings (SSSR count). The molecule has 3 N–H and O–H groups in total. The number of fused-ring (bicyclic) bond motifs is 3. The van der Waals surface area contributed by atoms with Crippen LogP contribution in [-0.4, -0.2) is 53.3 Å². The Hall–Kier alpha value is -3.37. The monoisotopic (exact) mass is 435 g/mol. The van der Waals surface area contributed by atoms with Gasteiger partial charge in [-0.25, -0.2) is 18.6 Å². The maximum atomic E-state index is 13.7. The van der Waals surface area contributed by atoms with Crippen LogP contribution >= 0.6 is 0 Å². The number of carbonyl (C=O) groups excluding carboxylic acids is 2. The highest BCUT2D eigenvalue weighted by Crippen LogP contribution is 2.36. The van der Waals surface area contributed by atoms with Gasteiger partial charge in [0.1, 0.15) is 30.3 Å². The van der Waals surface area contributed by atoms with Gasteiger partial charge in [0.05, 0.1) is 18.7 Å². The van der Waals surface area contributed by atoms with Crippen molar-refractivity contribution in [2.75, 3.05) is 23.4 Å². The number of halogens is 2. The molecular formula is C20H23F2N5O4. The molecule has 31 heavy (non-hydrogen) atoms. The zero-order valence-corrected chi connectivity index (χ0v) is 16.9. The molecule has 1 aromatic heterocycles. The number of carbonyl (C=O) groups is 2. The third-order valence-electron chi connectivity index (χ3n) is 5.32. The Kier molecular flexibility index (Phi) is 5.66. The number of hydrogen-bond acceptors (Lipinski definition) is 6. The predicted molar refractivity (Wildman–Crippen MR) is 108 cm³/mol. The van der Waals surface area contributed by atoms with Gasteiger partial charge in [-0.15, -0.1) is 0 Å². The molecule has 0 aliphatic carbocycles. The summed E-state index contributed by atoms with van der Waals surface area (Å²) in [6, 6.07) is 3.35. The van der Waals surface area contributed by atoms with E-state index in [1.165, 1.54) is 0 Å². The van der Waals surface area contributed by atoms with Gasteiger partial charge in [-0.3, -0.25) is 9.69 Å². The fourth-order valence-corrected chi connectivity index (χ4v) is 3.68. The van der Waals surface area contributed by atoms with Crippen LogP contribution in [-0.2, 0) is 16.1 Å². The fourth-order valence-electron chi connectivity index (χ4n) is 3.68. The normalized spacial score (nSPS) is 19.4. The molecule has 11 heteroatoms. The van der Waals surface area contributed by atoms with Crippen molar-refractivity contribution in [2.24, 2.45) is 5.73 Å². The Balaban J connectivity index is 1.70. The lowest BCUT2D eigenvalue weighted by Gasteiger charge is -2.25. The predicted octanol–water partition coefficient (Wildman–Crippen LogP) is 2.60. The van der Waals surface area contributed by atoms with Crippen molar-refractivity contribution in [2.45, 2.75) is 44.8 Å². The van der Waals surface area contributed by atoms with Crippen molar-refractivity contribution in [1.82, 2.24) is 9.55 Å². The van der Waals surface area contributed by atoms with Gasteiger partial charge in [0, 0.05) is 18.0 Å². The maximum absolute atomic E-state index is 13.7. The highest BCUT2D eigenvalue weighted by molar-refractivity contribution is 5.88. The smallest absolute Gasteiger partial charge is 0.415 e. The van der Waals surface area contributed by atoms with E-state index in [0.717, 1.165) is 4.90 Å². The number of alkyl halides is 2. The van der Waals surface area contributed by atoms with E-state index in [4.69, 9.17) is 15.2 Å². The van der Waals surface area contributed by atoms with Crippen LogP contribution in [0.15, 0.2) is 24.4 Å². The number of benzene rings is 1. The lowest BCUT2D eigenvalue weighted by molar-refractivity contribution is -0.118. The van der Waals surface area contributed by atoms with Gasteiger partial charge in [-0.2, -0.15) is 0 Å². The number of cyclic esters (lactones) is 1. The molecule has 3 heterocycles. The lowest BCUT2D eigenvalue weighted by Crippen LogP contribution is -2.43. The van der Waals surface area contributed by atoms with Crippen LogP contribution in [0.2, 0.25) is 0 Å². The summed E-state index contributed by atoms with van der Waals surface area (Å²) in [5.74, 6) is 0.627. The molecule has 0 radical (unpaired) electrons. The Morgan fingerprint density at radius 1 is 1.32 bits per heavy atom. The van der Waals surface area contributed by atoms with Gasteiger partial charge in [-0.1, -0.05) is 0 Å². The average Bonchev–Trinajstić information content (AvgIpc) is 2.92. The van der Waals surface area contributed by atoms with Gasteiger partial charge < -0.3 is 25.1 Å². The summed E-state index contributed by atoms with van der Waals surface area (Å²) in [6.07, 6.45) is -1.49. The summed E-state index contributed by atoms with van der Waals surface area (Å²) < 4.78 is 40.0. The molecule has 0 unspecified atom stereocenters. The number of anilines is 2. The summed E-state index contributed by atoms with van der Waals surface area (Å²) in [7, 11) is 0. The van der Waals surface area contributed by atoms with Crippen molar-refractivity contribution in [3.63, 3.8) is 0 Å². The Morgan fingerprint density at radius 2 is 2.13 bits per heavy atom. The first-order valence-electron chi connectivity index (χ1n) is 9.99. The van der Waals surface area contributed by atoms with Crippen LogP contribution in [0.25, 0.3) is 11.4 Å². The molecular weight excluding hydrogens is 412 g/mol. The molecule has 1 aromatic carbocycles. The van der Waals surface area contributed by atoms with E-state index in [1.54, 1.807) is 35.9 Å². The van der Waals surface area contributed by atoms with Gasteiger partial charge in [0.2, 0.25) is 5.91 Å². The summed E-state index contributed by atoms with van der Waals surface area (Å²) in [6.45, 7) is 2.48. The Labute approximate surface area is 177 Å². The number of hydrogen-bond donors (Lipinski definition) is 2. The van der Waals surface area contributed by atoms with E-state index in [0.29, 0.717) is 42.4 Å². The summed E-state index contributed by atoms with van der Waals surface area (Å²) in [5, 5.41) is 2.99. The van der Waals surface area contributed by atoms with Crippen LogP contribution in [0.1, 0.15) is 19.8 Å². The van der Waals surface area contributed by atoms with Gasteiger partial charge in [-0.05, 0) is 31.9 Å². The molecule has 2 aliphatic rings. The SMILES string of the molecule is C[C@H](Nc1ccc2c(c1)OCCn1cc(N3C(=O)OCCC[C@H]3C(F)F)nc1-2)C(N)=O. The van der Waals surface area contributed by atoms with Crippen molar-refractivity contribution in [3.8, 4) is 17.1 Å². The summed E-state index contributed by atoms with van der Waals surface area (Å²) in [5.41, 5.74) is 6.57. The molecule has 1 saturated heterocycles. The molecule has 1 fully saturated rings. The number of ether oxygens (including phenoxy) is 2. The third kappa shape index (κ3) is 4.12. The summed E-state index contributed by atoms with van der Waals surface area (Å²) in [4.78, 5) is 29.2. The zero-order chi connectivity index (χ0) is 22.1. The molecule has 2 aliphatic heterocycles. The second-order valence-corrected chi connectivity index (χ2v) is 7.47. The van der Waals surface area contributed by atoms with Crippen molar-refractivity contribution < 1.29 is 27.8 Å². The molecule has 0 spiro atoms. The van der Waals surface area contributed by atoms with Crippen LogP contribution < -0.4 is 20.7 Å². The number of nitrogens with one attached hydrogen (secondary N) is 1. The molecule has 2 atom stereocenters. The van der Waals surface area contributed by atoms with E-state index >= 15 is 0 Å². The molecule has 9 nitrogen and oxygen atoms in total. The molecule has 0 saturated carbocycles. The first-order valence-corrected chi connectivity index (χ1v) is 9.99. The first-order chi connectivity index (χ1) is 14.8. The van der Waals surface area contributed by atoms with Gasteiger partial charge >= 0.3 is 6.09 Å². The summed E-state index contributed by atoms with van der Waals surface area (Å²) >= 11 is 0. The largest absolute Gasteiger partial charge is 0.491 e. The highest BCUT2D eigenvalue weighted by Gasteiger charge is 2.37. The number of nitrogens with zero attached hydrogens (tertiary/aromatic N) is 3. The van der Waals surface area contributed by atoms with Crippen molar-refractivity contribution in [3.05, 3.63) is 24.4 Å². The first kappa shape index (κ1) is 20.9. The number of primary amides is 1. The maximum Gasteiger partial charge on any atom is 0.415 e. The van der Waals surface area contributed by atoms with Crippen molar-refractivity contribution >= 4 is 23.5 Å². The van der Waals surface area contributed by atoms with Crippen LogP contribution in [0.3, 0.4) is 0 Å². The Morgan fingerprint density at radius 3 is 2.87 bits per heavy atom. The minimum atomic E-state index is -2.72. The van der Waals surface area contributed by atoms with E-state index < -0.39 is 30.5 Å². The quantitative estimate of drug-likeness (QED) is 0.747. The molecule has 166 valence electrons. The third-order valence-corrected chi connectivity index (χ3v) is 5.32. The number of rotatable bonds is 5. The standard InChI is InChI=1S/C20H23F2N5O4/c1-11(18(23)28)24-12-4-5-13-15(9-12)30-8-6-26-10-16(25-19(13)26)27-14(17(21)22)3-2-7-31-20(27)29/h4-5,9-11,14,17,24H,2-3,6-8H2,1H3,(H2,23,28)/t11-,14-/m0/s1. The van der Waals surface area contributed by atoms with E-state index in [9.17, 15) is 18.4 Å². The topological polar surface area (TPSA) is 112 Å². The second kappa shape index (κ2) is 8.40. The minimum absolute atomic E-state index is 0.0995. The molecule has 0 bridgehead atoms. The number of nitrogens with two attached hydrogens (primary N) is 1. The average molecular weight is 435 g/mol. The van der Waals surface area contributed by atoms with E-state index in [2.05, 4.69) is 10.3 Å². The minimum Gasteiger partial charge on any atom is -0.491 e. The highest BCUT2D eigenvalue weighted by atomic mass is 19.3. The van der Waals surface area contributed by atoms with Crippen LogP contribution in [0.4, 0.5) is 25.1 Å². The Bertz CT molecular complexity index is 996. The number of amides is 2. The van der Waals surface area contributed by atoms with E-state index in [1.807, 2.05) is 0 Å². The van der Waals surface area contributed by atoms with Crippen molar-refractivity contribution in [1.29, 1.82) is 0 Å². The molecule has 2 aromatic rings. The van der Waals surface area contributed by atoms with Gasteiger partial charge in [0.25, 0.3) is 6.43 Å². The van der Waals surface area contributed by atoms with E-state index in [-0.39, 0.29) is 18.8 Å². The second-order valence-electron chi connectivity index (χ2n) is 7.47. The van der Waals surface area contributed by atoms with Gasteiger partial charge in [0.15, 0.2) is 5.82 Å². The molecule has 2 amide bonds. The lowest BCUT2D eigenvalue weighted by atomic mass is 10.1.